The molecule has 0 saturated heterocycles. The molecular formula is C31H27F9O2. The molecule has 0 radical (unpaired) electrons. The number of halogens is 9. The number of hydrogen-bond donors (Lipinski definition) is 0. The third kappa shape index (κ3) is 7.22. The van der Waals surface area contributed by atoms with Crippen LogP contribution in [0, 0.1) is 40.9 Å². The van der Waals surface area contributed by atoms with Crippen molar-refractivity contribution in [3.8, 4) is 22.6 Å². The smallest absolute Gasteiger partial charge is 0.429 e. The highest BCUT2D eigenvalue weighted by Gasteiger charge is 2.44. The molecule has 1 aliphatic rings. The highest BCUT2D eigenvalue weighted by molar-refractivity contribution is 5.65. The fourth-order valence-electron chi connectivity index (χ4n) is 5.03. The topological polar surface area (TPSA) is 18.5 Å². The molecule has 0 N–H and O–H groups in total. The van der Waals surface area contributed by atoms with E-state index in [4.69, 9.17) is 4.74 Å². The second-order valence-corrected chi connectivity index (χ2v) is 10.2. The van der Waals surface area contributed by atoms with Crippen molar-refractivity contribution in [2.75, 3.05) is 0 Å². The van der Waals surface area contributed by atoms with Crippen LogP contribution < -0.4 is 9.47 Å². The Morgan fingerprint density at radius 1 is 0.738 bits per heavy atom. The molecule has 0 aromatic heterocycles. The number of alkyl halides is 4. The van der Waals surface area contributed by atoms with E-state index in [2.05, 4.69) is 4.74 Å². The van der Waals surface area contributed by atoms with Gasteiger partial charge in [-0.25, -0.2) is 22.0 Å². The van der Waals surface area contributed by atoms with E-state index < -0.39 is 75.4 Å². The van der Waals surface area contributed by atoms with Crippen LogP contribution >= 0.6 is 0 Å². The van der Waals surface area contributed by atoms with Gasteiger partial charge < -0.3 is 9.47 Å². The molecule has 0 aliphatic heterocycles. The largest absolute Gasteiger partial charge is 0.432 e. The molecular weight excluding hydrogens is 575 g/mol. The lowest BCUT2D eigenvalue weighted by molar-refractivity contribution is -0.223. The SMILES string of the molecule is C/C=C/CCC1CCC(C(F)(F)Oc2ccc(C(F)(F)Oc3ccc(-c4cc(F)c(F)c(F)c4)c(F)c3)c(F)c2)CC1. The van der Waals surface area contributed by atoms with E-state index in [0.717, 1.165) is 31.0 Å². The van der Waals surface area contributed by atoms with E-state index in [1.165, 1.54) is 0 Å². The molecule has 1 saturated carbocycles. The maximum Gasteiger partial charge on any atom is 0.429 e. The van der Waals surface area contributed by atoms with Crippen molar-refractivity contribution >= 4 is 0 Å². The lowest BCUT2D eigenvalue weighted by atomic mass is 9.79. The van der Waals surface area contributed by atoms with Gasteiger partial charge in [0.2, 0.25) is 0 Å². The van der Waals surface area contributed by atoms with Crippen molar-refractivity contribution in [1.29, 1.82) is 0 Å². The van der Waals surface area contributed by atoms with Crippen LogP contribution in [0.4, 0.5) is 39.5 Å². The molecule has 0 bridgehead atoms. The van der Waals surface area contributed by atoms with Crippen molar-refractivity contribution in [3.63, 3.8) is 0 Å². The fourth-order valence-corrected chi connectivity index (χ4v) is 5.03. The van der Waals surface area contributed by atoms with Crippen LogP contribution in [-0.2, 0) is 6.11 Å². The molecule has 3 aromatic rings. The van der Waals surface area contributed by atoms with E-state index in [9.17, 15) is 39.5 Å². The Hall–Kier alpha value is -3.63. The van der Waals surface area contributed by atoms with E-state index >= 15 is 0 Å². The standard InChI is InChI=1S/C31H27F9O2/c1-2-3-4-5-18-6-8-20(9-7-18)30(37,38)41-22-11-13-24(26(33)17-22)31(39,40)42-21-10-12-23(25(32)16-21)19-14-27(34)29(36)28(35)15-19/h2-3,10-18,20H,4-9H2,1H3/b3-2+. The molecule has 0 spiro atoms. The molecule has 0 amide bonds. The molecule has 1 fully saturated rings. The van der Waals surface area contributed by atoms with Gasteiger partial charge in [0.05, 0.1) is 5.92 Å². The van der Waals surface area contributed by atoms with Gasteiger partial charge >= 0.3 is 12.2 Å². The normalized spacial score (nSPS) is 18.0. The molecule has 0 unspecified atom stereocenters. The third-order valence-electron chi connectivity index (χ3n) is 7.29. The zero-order valence-electron chi connectivity index (χ0n) is 22.4. The minimum absolute atomic E-state index is 0.209. The molecule has 1 aliphatic carbocycles. The Balaban J connectivity index is 1.42. The Labute approximate surface area is 236 Å². The van der Waals surface area contributed by atoms with E-state index in [1.807, 2.05) is 19.1 Å². The number of hydrogen-bond acceptors (Lipinski definition) is 2. The van der Waals surface area contributed by atoms with Crippen LogP contribution in [-0.4, -0.2) is 6.11 Å². The molecule has 226 valence electrons. The van der Waals surface area contributed by atoms with Gasteiger partial charge in [0, 0.05) is 17.7 Å². The number of benzene rings is 3. The minimum Gasteiger partial charge on any atom is -0.432 e. The third-order valence-corrected chi connectivity index (χ3v) is 7.29. The van der Waals surface area contributed by atoms with Crippen molar-refractivity contribution in [1.82, 2.24) is 0 Å². The van der Waals surface area contributed by atoms with Gasteiger partial charge in [0.25, 0.3) is 0 Å². The average molecular weight is 603 g/mol. The van der Waals surface area contributed by atoms with Crippen LogP contribution in [0.1, 0.15) is 51.0 Å². The van der Waals surface area contributed by atoms with E-state index in [0.29, 0.717) is 49.1 Å². The average Bonchev–Trinajstić information content (AvgIpc) is 2.91. The maximum atomic E-state index is 14.8. The van der Waals surface area contributed by atoms with Gasteiger partial charge in [-0.3, -0.25) is 0 Å². The summed E-state index contributed by atoms with van der Waals surface area (Å²) in [7, 11) is 0. The van der Waals surface area contributed by atoms with Gasteiger partial charge in [-0.2, -0.15) is 17.6 Å². The predicted octanol–water partition coefficient (Wildman–Crippen LogP) is 10.3. The zero-order valence-corrected chi connectivity index (χ0v) is 22.4. The van der Waals surface area contributed by atoms with E-state index in [-0.39, 0.29) is 12.8 Å². The Morgan fingerprint density at radius 3 is 1.93 bits per heavy atom. The summed E-state index contributed by atoms with van der Waals surface area (Å²) in [6, 6.07) is 4.87. The molecule has 0 heterocycles. The Kier molecular flexibility index (Phi) is 9.47. The minimum atomic E-state index is -4.38. The Bertz CT molecular complexity index is 1410. The zero-order chi connectivity index (χ0) is 30.7. The monoisotopic (exact) mass is 602 g/mol. The van der Waals surface area contributed by atoms with Crippen LogP contribution in [0.2, 0.25) is 0 Å². The molecule has 2 nitrogen and oxygen atoms in total. The van der Waals surface area contributed by atoms with Gasteiger partial charge in [0.1, 0.15) is 28.7 Å². The molecule has 3 aromatic carbocycles. The second-order valence-electron chi connectivity index (χ2n) is 10.2. The van der Waals surface area contributed by atoms with Crippen LogP contribution in [0.25, 0.3) is 11.1 Å². The quantitative estimate of drug-likeness (QED) is 0.131. The van der Waals surface area contributed by atoms with Crippen LogP contribution in [0.3, 0.4) is 0 Å². The highest BCUT2D eigenvalue weighted by Crippen LogP contribution is 2.42. The van der Waals surface area contributed by atoms with Crippen LogP contribution in [0.5, 0.6) is 11.5 Å². The van der Waals surface area contributed by atoms with Crippen molar-refractivity contribution < 1.29 is 49.0 Å². The summed E-state index contributed by atoms with van der Waals surface area (Å²) in [5.74, 6) is -9.99. The van der Waals surface area contributed by atoms with Gasteiger partial charge in [0.15, 0.2) is 17.5 Å². The number of ether oxygens (including phenoxy) is 2. The predicted molar refractivity (Wildman–Crippen MR) is 138 cm³/mol. The maximum absolute atomic E-state index is 14.8. The molecule has 0 atom stereocenters. The van der Waals surface area contributed by atoms with Crippen molar-refractivity contribution in [3.05, 3.63) is 95.3 Å². The molecule has 42 heavy (non-hydrogen) atoms. The van der Waals surface area contributed by atoms with Gasteiger partial charge in [-0.05, 0) is 93.3 Å². The van der Waals surface area contributed by atoms with Crippen LogP contribution in [0.15, 0.2) is 60.7 Å². The lowest BCUT2D eigenvalue weighted by Gasteiger charge is -2.33. The number of rotatable bonds is 10. The first-order chi connectivity index (χ1) is 19.8. The fraction of sp³-hybridized carbons (Fsp3) is 0.355. The Morgan fingerprint density at radius 2 is 1.33 bits per heavy atom. The summed E-state index contributed by atoms with van der Waals surface area (Å²) >= 11 is 0. The first kappa shape index (κ1) is 31.3. The summed E-state index contributed by atoms with van der Waals surface area (Å²) in [5, 5.41) is 0. The second kappa shape index (κ2) is 12.7. The summed E-state index contributed by atoms with van der Waals surface area (Å²) in [6.45, 7) is 1.91. The van der Waals surface area contributed by atoms with E-state index in [1.54, 1.807) is 0 Å². The molecule has 11 heteroatoms. The van der Waals surface area contributed by atoms with Gasteiger partial charge in [-0.1, -0.05) is 12.2 Å². The highest BCUT2D eigenvalue weighted by atomic mass is 19.3. The van der Waals surface area contributed by atoms with Crippen molar-refractivity contribution in [2.45, 2.75) is 57.7 Å². The summed E-state index contributed by atoms with van der Waals surface area (Å²) < 4.78 is 138. The first-order valence-electron chi connectivity index (χ1n) is 13.3. The summed E-state index contributed by atoms with van der Waals surface area (Å²) in [5.41, 5.74) is -2.18. The summed E-state index contributed by atoms with van der Waals surface area (Å²) in [6.07, 6.45) is -0.686. The van der Waals surface area contributed by atoms with Crippen molar-refractivity contribution in [2.24, 2.45) is 11.8 Å². The first-order valence-corrected chi connectivity index (χ1v) is 13.3. The summed E-state index contributed by atoms with van der Waals surface area (Å²) in [4.78, 5) is 0. The van der Waals surface area contributed by atoms with Gasteiger partial charge in [-0.15, -0.1) is 0 Å². The number of allylic oxidation sites excluding steroid dienone is 2. The molecule has 4 rings (SSSR count). The lowest BCUT2D eigenvalue weighted by Crippen LogP contribution is -2.37.